The van der Waals surface area contributed by atoms with Gasteiger partial charge < -0.3 is 10.1 Å². The highest BCUT2D eigenvalue weighted by Gasteiger charge is 2.04. The number of pyridine rings is 1. The van der Waals surface area contributed by atoms with Gasteiger partial charge in [0, 0.05) is 19.2 Å². The Morgan fingerprint density at radius 3 is 2.61 bits per heavy atom. The quantitative estimate of drug-likeness (QED) is 0.760. The highest BCUT2D eigenvalue weighted by atomic mass is 15.0. The number of hydrogen-bond donors (Lipinski definition) is 1. The van der Waals surface area contributed by atoms with Crippen LogP contribution in [0.1, 0.15) is 17.0 Å². The lowest BCUT2D eigenvalue weighted by molar-refractivity contribution is 0.939. The monoisotopic (exact) mass is 237 g/mol. The average Bonchev–Trinajstić information content (AvgIpc) is 2.82. The molecule has 3 aromatic rings. The number of rotatable bonds is 3. The topological polar surface area (TPSA) is 43.3 Å². The van der Waals surface area contributed by atoms with Crippen molar-refractivity contribution < 1.29 is 0 Å². The third-order valence-corrected chi connectivity index (χ3v) is 3.11. The van der Waals surface area contributed by atoms with Crippen molar-refractivity contribution in [3.63, 3.8) is 0 Å². The molecule has 2 aromatic heterocycles. The maximum atomic E-state index is 5.68. The number of nitrogens with two attached hydrogens (primary N) is 1. The Bertz CT molecular complexity index is 656. The van der Waals surface area contributed by atoms with Crippen molar-refractivity contribution in [3.05, 3.63) is 71.8 Å². The third-order valence-electron chi connectivity index (χ3n) is 3.11. The zero-order valence-corrected chi connectivity index (χ0v) is 10.1. The summed E-state index contributed by atoms with van der Waals surface area (Å²) in [4.78, 5) is 4.49. The molecule has 3 nitrogen and oxygen atoms in total. The minimum absolute atomic E-state index is 0.554. The lowest BCUT2D eigenvalue weighted by Gasteiger charge is -2.04. The zero-order chi connectivity index (χ0) is 12.4. The molecule has 0 bridgehead atoms. The molecule has 0 aliphatic heterocycles. The van der Waals surface area contributed by atoms with Crippen molar-refractivity contribution in [2.45, 2.75) is 13.0 Å². The van der Waals surface area contributed by atoms with Crippen LogP contribution in [0.4, 0.5) is 0 Å². The Kier molecular flexibility index (Phi) is 2.82. The predicted octanol–water partition coefficient (Wildman–Crippen LogP) is 2.38. The number of imidazole rings is 1. The van der Waals surface area contributed by atoms with Crippen LogP contribution in [0.3, 0.4) is 0 Å². The molecule has 0 aliphatic rings. The SMILES string of the molecule is NCc1ccc2cnc(Cc3ccccc3)n2c1. The van der Waals surface area contributed by atoms with Crippen LogP contribution in [0.2, 0.25) is 0 Å². The summed E-state index contributed by atoms with van der Waals surface area (Å²) in [7, 11) is 0. The fourth-order valence-corrected chi connectivity index (χ4v) is 2.12. The first-order chi connectivity index (χ1) is 8.86. The van der Waals surface area contributed by atoms with E-state index in [1.54, 1.807) is 0 Å². The fourth-order valence-electron chi connectivity index (χ4n) is 2.12. The lowest BCUT2D eigenvalue weighted by Crippen LogP contribution is -2.01. The first-order valence-corrected chi connectivity index (χ1v) is 6.05. The molecular formula is C15H15N3. The second-order valence-corrected chi connectivity index (χ2v) is 4.37. The standard InChI is InChI=1S/C15H15N3/c16-9-13-6-7-14-10-17-15(18(14)11-13)8-12-4-2-1-3-5-12/h1-7,10-11H,8-9,16H2. The highest BCUT2D eigenvalue weighted by Crippen LogP contribution is 2.13. The summed E-state index contributed by atoms with van der Waals surface area (Å²) in [6.45, 7) is 0.554. The van der Waals surface area contributed by atoms with E-state index in [0.29, 0.717) is 6.54 Å². The molecule has 90 valence electrons. The van der Waals surface area contributed by atoms with Gasteiger partial charge in [-0.1, -0.05) is 36.4 Å². The minimum atomic E-state index is 0.554. The maximum absolute atomic E-state index is 5.68. The molecule has 3 heteroatoms. The highest BCUT2D eigenvalue weighted by molar-refractivity contribution is 5.47. The van der Waals surface area contributed by atoms with E-state index in [2.05, 4.69) is 45.9 Å². The molecule has 0 fully saturated rings. The number of nitrogens with zero attached hydrogens (tertiary/aromatic N) is 2. The van der Waals surface area contributed by atoms with Crippen molar-refractivity contribution in [1.29, 1.82) is 0 Å². The van der Waals surface area contributed by atoms with Crippen molar-refractivity contribution in [3.8, 4) is 0 Å². The van der Waals surface area contributed by atoms with Crippen LogP contribution in [0.25, 0.3) is 5.52 Å². The Balaban J connectivity index is 2.01. The Morgan fingerprint density at radius 2 is 1.83 bits per heavy atom. The van der Waals surface area contributed by atoms with Gasteiger partial charge in [0.15, 0.2) is 0 Å². The van der Waals surface area contributed by atoms with Crippen molar-refractivity contribution >= 4 is 5.52 Å². The van der Waals surface area contributed by atoms with Crippen LogP contribution in [-0.2, 0) is 13.0 Å². The van der Waals surface area contributed by atoms with E-state index in [1.807, 2.05) is 18.3 Å². The molecule has 0 amide bonds. The van der Waals surface area contributed by atoms with Gasteiger partial charge in [0.25, 0.3) is 0 Å². The van der Waals surface area contributed by atoms with Crippen LogP contribution in [0.15, 0.2) is 54.9 Å². The van der Waals surface area contributed by atoms with Gasteiger partial charge in [-0.15, -0.1) is 0 Å². The second-order valence-electron chi connectivity index (χ2n) is 4.37. The molecule has 0 aliphatic carbocycles. The van der Waals surface area contributed by atoms with Gasteiger partial charge in [-0.05, 0) is 17.2 Å². The Morgan fingerprint density at radius 1 is 1.00 bits per heavy atom. The first-order valence-electron chi connectivity index (χ1n) is 6.05. The van der Waals surface area contributed by atoms with E-state index in [4.69, 9.17) is 5.73 Å². The fraction of sp³-hybridized carbons (Fsp3) is 0.133. The summed E-state index contributed by atoms with van der Waals surface area (Å²) >= 11 is 0. The van der Waals surface area contributed by atoms with E-state index in [0.717, 1.165) is 23.3 Å². The van der Waals surface area contributed by atoms with Crippen LogP contribution < -0.4 is 5.73 Å². The van der Waals surface area contributed by atoms with Crippen molar-refractivity contribution in [2.24, 2.45) is 5.73 Å². The Labute approximate surface area is 106 Å². The molecule has 18 heavy (non-hydrogen) atoms. The molecule has 2 N–H and O–H groups in total. The number of hydrogen-bond acceptors (Lipinski definition) is 2. The van der Waals surface area contributed by atoms with Crippen molar-refractivity contribution in [2.75, 3.05) is 0 Å². The molecule has 0 saturated heterocycles. The van der Waals surface area contributed by atoms with E-state index in [9.17, 15) is 0 Å². The molecule has 0 spiro atoms. The maximum Gasteiger partial charge on any atom is 0.117 e. The van der Waals surface area contributed by atoms with E-state index >= 15 is 0 Å². The molecule has 0 saturated carbocycles. The molecule has 2 heterocycles. The predicted molar refractivity (Wildman–Crippen MR) is 72.3 cm³/mol. The van der Waals surface area contributed by atoms with Gasteiger partial charge in [0.1, 0.15) is 5.82 Å². The summed E-state index contributed by atoms with van der Waals surface area (Å²) in [6, 6.07) is 14.5. The number of aromatic nitrogens is 2. The first kappa shape index (κ1) is 11.0. The third kappa shape index (κ3) is 2.00. The smallest absolute Gasteiger partial charge is 0.117 e. The van der Waals surface area contributed by atoms with E-state index in [-0.39, 0.29) is 0 Å². The minimum Gasteiger partial charge on any atom is -0.326 e. The van der Waals surface area contributed by atoms with Crippen LogP contribution in [-0.4, -0.2) is 9.38 Å². The summed E-state index contributed by atoms with van der Waals surface area (Å²) in [5.74, 6) is 1.05. The summed E-state index contributed by atoms with van der Waals surface area (Å²) in [6.07, 6.45) is 4.81. The van der Waals surface area contributed by atoms with E-state index < -0.39 is 0 Å². The molecule has 0 radical (unpaired) electrons. The van der Waals surface area contributed by atoms with Crippen LogP contribution in [0.5, 0.6) is 0 Å². The zero-order valence-electron chi connectivity index (χ0n) is 10.1. The summed E-state index contributed by atoms with van der Waals surface area (Å²) in [5.41, 5.74) is 9.17. The number of benzene rings is 1. The van der Waals surface area contributed by atoms with Gasteiger partial charge in [0.05, 0.1) is 11.7 Å². The van der Waals surface area contributed by atoms with Crippen molar-refractivity contribution in [1.82, 2.24) is 9.38 Å². The molecule has 0 atom stereocenters. The van der Waals surface area contributed by atoms with Gasteiger partial charge in [0.2, 0.25) is 0 Å². The molecule has 1 aromatic carbocycles. The summed E-state index contributed by atoms with van der Waals surface area (Å²) < 4.78 is 2.12. The van der Waals surface area contributed by atoms with Crippen LogP contribution >= 0.6 is 0 Å². The number of fused-ring (bicyclic) bond motifs is 1. The van der Waals surface area contributed by atoms with E-state index in [1.165, 1.54) is 5.56 Å². The van der Waals surface area contributed by atoms with Gasteiger partial charge >= 0.3 is 0 Å². The van der Waals surface area contributed by atoms with Crippen LogP contribution in [0, 0.1) is 0 Å². The second kappa shape index (κ2) is 4.63. The summed E-state index contributed by atoms with van der Waals surface area (Å²) in [5, 5.41) is 0. The molecule has 0 unspecified atom stereocenters. The van der Waals surface area contributed by atoms with Gasteiger partial charge in [-0.3, -0.25) is 0 Å². The van der Waals surface area contributed by atoms with Gasteiger partial charge in [-0.25, -0.2) is 4.98 Å². The average molecular weight is 237 g/mol. The largest absolute Gasteiger partial charge is 0.326 e. The molecule has 3 rings (SSSR count). The lowest BCUT2D eigenvalue weighted by atomic mass is 10.1. The normalized spacial score (nSPS) is 10.9. The molecular weight excluding hydrogens is 222 g/mol. The van der Waals surface area contributed by atoms with Gasteiger partial charge in [-0.2, -0.15) is 0 Å². The Hall–Kier alpha value is -2.13.